The minimum absolute atomic E-state index is 0.564. The Morgan fingerprint density at radius 3 is 1.08 bits per heavy atom. The molecule has 0 aliphatic carbocycles. The van der Waals surface area contributed by atoms with Gasteiger partial charge in [0.2, 0.25) is 4.58 Å². The number of rotatable bonds is 4. The van der Waals surface area contributed by atoms with Crippen LogP contribution < -0.4 is 0 Å². The minimum Gasteiger partial charge on any atom is -0.218 e. The molecule has 0 aromatic heterocycles. The summed E-state index contributed by atoms with van der Waals surface area (Å²) in [4.78, 5) is 0. The quantitative estimate of drug-likeness (QED) is 0.272. The number of hydrogen-bond acceptors (Lipinski definition) is 4. The highest BCUT2D eigenvalue weighted by molar-refractivity contribution is 8.09. The van der Waals surface area contributed by atoms with E-state index in [0.29, 0.717) is 0 Å². The van der Waals surface area contributed by atoms with Crippen molar-refractivity contribution < 1.29 is 87.1 Å². The monoisotopic (exact) mass is 640 g/mol. The molecule has 2 rings (SSSR count). The van der Waals surface area contributed by atoms with Crippen LogP contribution >= 0.6 is 0 Å². The maximum atomic E-state index is 14.7. The fourth-order valence-corrected chi connectivity index (χ4v) is 6.44. The molecule has 0 amide bonds. The molecule has 0 saturated carbocycles. The molecule has 22 heteroatoms. The normalized spacial score (nSPS) is 14.3. The van der Waals surface area contributed by atoms with Gasteiger partial charge < -0.3 is 0 Å². The summed E-state index contributed by atoms with van der Waals surface area (Å²) in [6.45, 7) is 0. The lowest BCUT2D eigenvalue weighted by Crippen LogP contribution is -2.40. The fourth-order valence-electron chi connectivity index (χ4n) is 2.93. The molecule has 0 aliphatic rings. The summed E-state index contributed by atoms with van der Waals surface area (Å²) in [5.41, 5.74) is -27.1. The van der Waals surface area contributed by atoms with E-state index in [2.05, 4.69) is 0 Å². The summed E-state index contributed by atoms with van der Waals surface area (Å²) in [5, 5.41) is 0. The first-order valence-corrected chi connectivity index (χ1v) is 11.9. The topological polar surface area (TPSA) is 68.3 Å². The first-order chi connectivity index (χ1) is 17.1. The molecule has 0 bridgehead atoms. The van der Waals surface area contributed by atoms with Gasteiger partial charge in [0.25, 0.3) is 19.7 Å². The third-order valence-corrected chi connectivity index (χ3v) is 9.03. The summed E-state index contributed by atoms with van der Waals surface area (Å²) in [6, 6.07) is -1.78. The van der Waals surface area contributed by atoms with Gasteiger partial charge >= 0.3 is 23.4 Å². The minimum atomic E-state index is -7.96. The molecule has 0 atom stereocenters. The average molecular weight is 640 g/mol. The summed E-state index contributed by atoms with van der Waals surface area (Å²) in [6.07, 6.45) is -11.5. The Hall–Kier alpha value is -2.78. The molecule has 0 fully saturated rings. The van der Waals surface area contributed by atoms with Crippen LogP contribution in [-0.4, -0.2) is 27.9 Å². The van der Waals surface area contributed by atoms with Crippen LogP contribution in [0.25, 0.3) is 11.1 Å². The van der Waals surface area contributed by atoms with Gasteiger partial charge in [-0.2, -0.15) is 52.7 Å². The molecule has 0 unspecified atom stereocenters. The lowest BCUT2D eigenvalue weighted by atomic mass is 9.96. The Morgan fingerprint density at radius 2 is 0.821 bits per heavy atom. The van der Waals surface area contributed by atoms with Gasteiger partial charge in [-0.25, -0.2) is 34.4 Å². The third kappa shape index (κ3) is 5.61. The molecule has 39 heavy (non-hydrogen) atoms. The number of halogens is 16. The molecule has 220 valence electrons. The van der Waals surface area contributed by atoms with E-state index in [9.17, 15) is 87.1 Å². The van der Waals surface area contributed by atoms with E-state index in [4.69, 9.17) is 0 Å². The number of hydrogen-bond donors (Lipinski definition) is 0. The number of sulfone groups is 2. The van der Waals surface area contributed by atoms with Crippen molar-refractivity contribution in [2.75, 3.05) is 0 Å². The van der Waals surface area contributed by atoms with Crippen LogP contribution in [0.5, 0.6) is 0 Å². The second kappa shape index (κ2) is 9.41. The molecular weight excluding hydrogens is 636 g/mol. The summed E-state index contributed by atoms with van der Waals surface area (Å²) in [5.74, 6) is -13.9. The van der Waals surface area contributed by atoms with Gasteiger partial charge in [0.05, 0.1) is 22.3 Å². The molecular formula is C17H4F16O4S2. The van der Waals surface area contributed by atoms with Crippen molar-refractivity contribution in [2.45, 2.75) is 28.0 Å². The van der Waals surface area contributed by atoms with Crippen LogP contribution in [0.15, 0.2) is 18.2 Å². The number of alkyl halides is 12. The van der Waals surface area contributed by atoms with E-state index in [-0.39, 0.29) is 0 Å². The summed E-state index contributed by atoms with van der Waals surface area (Å²) in [7, 11) is -15.9. The van der Waals surface area contributed by atoms with Crippen molar-refractivity contribution in [3.63, 3.8) is 0 Å². The molecule has 0 radical (unpaired) electrons. The standard InChI is InChI=1S/C17H4F16O4S2/c18-9-7(4-1-5(14(22,23)24)3-6(2-4)15(25,26)27)10(19)12(21)8(11(9)20)13(38(34,35)16(28,29)30)39(36,37)17(31,32)33/h1-3,13H. The molecule has 0 aliphatic heterocycles. The maximum Gasteiger partial charge on any atom is 0.499 e. The molecule has 4 nitrogen and oxygen atoms in total. The highest BCUT2D eigenvalue weighted by Crippen LogP contribution is 2.48. The fraction of sp³-hybridized carbons (Fsp3) is 0.294. The van der Waals surface area contributed by atoms with E-state index < -0.39 is 117 Å². The predicted octanol–water partition coefficient (Wildman–Crippen LogP) is 6.82. The zero-order chi connectivity index (χ0) is 30.9. The Kier molecular flexibility index (Phi) is 7.82. The van der Waals surface area contributed by atoms with Gasteiger partial charge in [-0.15, -0.1) is 0 Å². The lowest BCUT2D eigenvalue weighted by Gasteiger charge is -2.23. The van der Waals surface area contributed by atoms with Gasteiger partial charge in [0.15, 0.2) is 23.3 Å². The van der Waals surface area contributed by atoms with Crippen LogP contribution in [0.1, 0.15) is 21.3 Å². The summed E-state index contributed by atoms with van der Waals surface area (Å²) >= 11 is 0. The first-order valence-electron chi connectivity index (χ1n) is 8.84. The van der Waals surface area contributed by atoms with Crippen LogP contribution in [0.2, 0.25) is 0 Å². The van der Waals surface area contributed by atoms with Gasteiger partial charge in [-0.05, 0) is 23.8 Å². The van der Waals surface area contributed by atoms with Gasteiger partial charge in [-0.1, -0.05) is 0 Å². The van der Waals surface area contributed by atoms with E-state index in [1.807, 2.05) is 0 Å². The van der Waals surface area contributed by atoms with Crippen molar-refractivity contribution in [1.82, 2.24) is 0 Å². The van der Waals surface area contributed by atoms with E-state index in [0.717, 1.165) is 0 Å². The van der Waals surface area contributed by atoms with Crippen molar-refractivity contribution in [3.8, 4) is 11.1 Å². The van der Waals surface area contributed by atoms with Crippen LogP contribution in [0.4, 0.5) is 70.2 Å². The SMILES string of the molecule is O=S(=O)(C(c1c(F)c(F)c(-c2cc(C(F)(F)F)cc(C(F)(F)F)c2)c(F)c1F)S(=O)(=O)C(F)(F)F)C(F)(F)F. The van der Waals surface area contributed by atoms with E-state index in [1.165, 1.54) is 0 Å². The van der Waals surface area contributed by atoms with Crippen LogP contribution in [0, 0.1) is 23.3 Å². The molecule has 0 heterocycles. The third-order valence-electron chi connectivity index (χ3n) is 4.62. The van der Waals surface area contributed by atoms with E-state index in [1.54, 1.807) is 0 Å². The molecule has 0 N–H and O–H groups in total. The smallest absolute Gasteiger partial charge is 0.218 e. The van der Waals surface area contributed by atoms with Gasteiger partial charge in [0, 0.05) is 0 Å². The van der Waals surface area contributed by atoms with Crippen LogP contribution in [0.3, 0.4) is 0 Å². The van der Waals surface area contributed by atoms with Crippen molar-refractivity contribution in [1.29, 1.82) is 0 Å². The highest BCUT2D eigenvalue weighted by Gasteiger charge is 2.65. The Morgan fingerprint density at radius 1 is 0.513 bits per heavy atom. The van der Waals surface area contributed by atoms with Crippen molar-refractivity contribution >= 4 is 19.7 Å². The molecule has 0 spiro atoms. The largest absolute Gasteiger partial charge is 0.499 e. The molecule has 2 aromatic carbocycles. The highest BCUT2D eigenvalue weighted by atomic mass is 32.3. The molecule has 0 saturated heterocycles. The Balaban J connectivity index is 3.14. The predicted molar refractivity (Wildman–Crippen MR) is 94.4 cm³/mol. The average Bonchev–Trinajstić information content (AvgIpc) is 2.72. The Labute approximate surface area is 204 Å². The lowest BCUT2D eigenvalue weighted by molar-refractivity contribution is -0.143. The van der Waals surface area contributed by atoms with Crippen LogP contribution in [-0.2, 0) is 32.0 Å². The second-order valence-electron chi connectivity index (χ2n) is 7.15. The molecule has 2 aromatic rings. The summed E-state index contributed by atoms with van der Waals surface area (Å²) < 4.78 is 255. The second-order valence-corrected chi connectivity index (χ2v) is 11.5. The van der Waals surface area contributed by atoms with Gasteiger partial charge in [0.1, 0.15) is 0 Å². The Bertz CT molecular complexity index is 1410. The zero-order valence-electron chi connectivity index (χ0n) is 17.3. The van der Waals surface area contributed by atoms with Crippen molar-refractivity contribution in [2.24, 2.45) is 0 Å². The van der Waals surface area contributed by atoms with E-state index >= 15 is 0 Å². The maximum absolute atomic E-state index is 14.7. The number of benzene rings is 2. The van der Waals surface area contributed by atoms with Gasteiger partial charge in [-0.3, -0.25) is 0 Å². The zero-order valence-corrected chi connectivity index (χ0v) is 18.9. The first kappa shape index (κ1) is 32.4. The van der Waals surface area contributed by atoms with Crippen molar-refractivity contribution in [3.05, 3.63) is 58.2 Å².